The van der Waals surface area contributed by atoms with Gasteiger partial charge in [-0.1, -0.05) is 41.4 Å². The lowest BCUT2D eigenvalue weighted by atomic mass is 10.0. The number of benzene rings is 2. The summed E-state index contributed by atoms with van der Waals surface area (Å²) >= 11 is 11.8. The van der Waals surface area contributed by atoms with Gasteiger partial charge in [0.2, 0.25) is 5.78 Å². The first-order valence-electron chi connectivity index (χ1n) is 7.66. The van der Waals surface area contributed by atoms with E-state index in [4.69, 9.17) is 27.9 Å². The summed E-state index contributed by atoms with van der Waals surface area (Å²) in [5, 5.41) is 1.40. The average Bonchev–Trinajstić information content (AvgIpc) is 2.89. The Balaban J connectivity index is 1.85. The first-order valence-corrected chi connectivity index (χ1v) is 8.41. The lowest BCUT2D eigenvalue weighted by Gasteiger charge is -2.13. The van der Waals surface area contributed by atoms with Crippen molar-refractivity contribution in [2.24, 2.45) is 0 Å². The molecule has 128 valence electrons. The maximum Gasteiger partial charge on any atom is 0.340 e. The SMILES string of the molecule is Cc1[nH]c2ccccc2c1C(=O)[C@@H](C)OC(=O)c1ccc(Cl)cc1Cl. The summed E-state index contributed by atoms with van der Waals surface area (Å²) in [5.41, 5.74) is 2.29. The number of hydrogen-bond acceptors (Lipinski definition) is 3. The second kappa shape index (κ2) is 6.90. The molecule has 0 aliphatic rings. The maximum atomic E-state index is 12.8. The fourth-order valence-corrected chi connectivity index (χ4v) is 3.22. The number of carbonyl (C=O) groups is 2. The fourth-order valence-electron chi connectivity index (χ4n) is 2.73. The molecule has 0 spiro atoms. The Labute approximate surface area is 154 Å². The minimum atomic E-state index is -0.947. The first kappa shape index (κ1) is 17.5. The number of ketones is 1. The first-order chi connectivity index (χ1) is 11.9. The van der Waals surface area contributed by atoms with Gasteiger partial charge in [-0.2, -0.15) is 0 Å². The number of hydrogen-bond donors (Lipinski definition) is 1. The van der Waals surface area contributed by atoms with Crippen molar-refractivity contribution < 1.29 is 14.3 Å². The van der Waals surface area contributed by atoms with Crippen LogP contribution in [-0.4, -0.2) is 22.8 Å². The standard InChI is InChI=1S/C19H15Cl2NO3/c1-10-17(14-5-3-4-6-16(14)22-10)18(23)11(2)25-19(24)13-8-7-12(20)9-15(13)21/h3-9,11,22H,1-2H3/t11-/m1/s1. The molecule has 0 radical (unpaired) electrons. The van der Waals surface area contributed by atoms with E-state index in [1.165, 1.54) is 12.1 Å². The smallest absolute Gasteiger partial charge is 0.340 e. The highest BCUT2D eigenvalue weighted by Gasteiger charge is 2.25. The Bertz CT molecular complexity index is 978. The number of H-pyrrole nitrogens is 1. The number of halogens is 2. The Morgan fingerprint density at radius 3 is 2.56 bits per heavy atom. The van der Waals surface area contributed by atoms with Crippen LogP contribution < -0.4 is 0 Å². The van der Waals surface area contributed by atoms with Crippen molar-refractivity contribution in [1.29, 1.82) is 0 Å². The zero-order valence-electron chi connectivity index (χ0n) is 13.6. The molecule has 6 heteroatoms. The van der Waals surface area contributed by atoms with Crippen molar-refractivity contribution in [3.63, 3.8) is 0 Å². The van der Waals surface area contributed by atoms with Gasteiger partial charge in [0.15, 0.2) is 6.10 Å². The molecule has 1 N–H and O–H groups in total. The van der Waals surface area contributed by atoms with E-state index in [9.17, 15) is 9.59 Å². The third-order valence-electron chi connectivity index (χ3n) is 3.94. The van der Waals surface area contributed by atoms with E-state index in [2.05, 4.69) is 4.98 Å². The summed E-state index contributed by atoms with van der Waals surface area (Å²) in [5.74, 6) is -0.937. The molecule has 0 aliphatic heterocycles. The maximum absolute atomic E-state index is 12.8. The second-order valence-electron chi connectivity index (χ2n) is 5.71. The Kier molecular flexibility index (Phi) is 4.84. The van der Waals surface area contributed by atoms with Crippen LogP contribution in [-0.2, 0) is 4.74 Å². The monoisotopic (exact) mass is 375 g/mol. The van der Waals surface area contributed by atoms with Crippen molar-refractivity contribution in [3.8, 4) is 0 Å². The van der Waals surface area contributed by atoms with Gasteiger partial charge < -0.3 is 9.72 Å². The average molecular weight is 376 g/mol. The molecule has 0 fully saturated rings. The van der Waals surface area contributed by atoms with Gasteiger partial charge in [0.1, 0.15) is 0 Å². The van der Waals surface area contributed by atoms with Crippen LogP contribution in [0.5, 0.6) is 0 Å². The zero-order valence-corrected chi connectivity index (χ0v) is 15.1. The number of esters is 1. The van der Waals surface area contributed by atoms with Crippen LogP contribution in [0, 0.1) is 6.92 Å². The Morgan fingerprint density at radius 2 is 1.84 bits per heavy atom. The molecule has 1 heterocycles. The largest absolute Gasteiger partial charge is 0.451 e. The predicted octanol–water partition coefficient (Wildman–Crippen LogP) is 5.21. The Hall–Kier alpha value is -2.30. The molecule has 2 aromatic carbocycles. The molecular weight excluding hydrogens is 361 g/mol. The second-order valence-corrected chi connectivity index (χ2v) is 6.55. The number of ether oxygens (including phenoxy) is 1. The van der Waals surface area contributed by atoms with Crippen LogP contribution in [0.1, 0.15) is 33.3 Å². The van der Waals surface area contributed by atoms with E-state index < -0.39 is 12.1 Å². The van der Waals surface area contributed by atoms with E-state index in [1.54, 1.807) is 13.0 Å². The van der Waals surface area contributed by atoms with Gasteiger partial charge >= 0.3 is 5.97 Å². The van der Waals surface area contributed by atoms with E-state index in [0.29, 0.717) is 10.6 Å². The number of aromatic nitrogens is 1. The number of para-hydroxylation sites is 1. The van der Waals surface area contributed by atoms with Gasteiger partial charge in [0, 0.05) is 27.2 Å². The minimum absolute atomic E-state index is 0.168. The van der Waals surface area contributed by atoms with Crippen molar-refractivity contribution in [3.05, 3.63) is 69.3 Å². The number of fused-ring (bicyclic) bond motifs is 1. The highest BCUT2D eigenvalue weighted by Crippen LogP contribution is 2.25. The van der Waals surface area contributed by atoms with Crippen molar-refractivity contribution in [2.75, 3.05) is 0 Å². The molecule has 3 rings (SSSR count). The van der Waals surface area contributed by atoms with Crippen molar-refractivity contribution in [1.82, 2.24) is 4.98 Å². The van der Waals surface area contributed by atoms with Gasteiger partial charge in [-0.25, -0.2) is 4.79 Å². The van der Waals surface area contributed by atoms with E-state index >= 15 is 0 Å². The van der Waals surface area contributed by atoms with E-state index in [0.717, 1.165) is 16.6 Å². The van der Waals surface area contributed by atoms with E-state index in [1.807, 2.05) is 31.2 Å². The van der Waals surface area contributed by atoms with Gasteiger partial charge in [-0.15, -0.1) is 0 Å². The molecule has 0 bridgehead atoms. The lowest BCUT2D eigenvalue weighted by molar-refractivity contribution is 0.0319. The Morgan fingerprint density at radius 1 is 1.12 bits per heavy atom. The molecule has 1 atom stereocenters. The summed E-state index contributed by atoms with van der Waals surface area (Å²) in [6.07, 6.45) is -0.947. The predicted molar refractivity (Wildman–Crippen MR) is 98.7 cm³/mol. The topological polar surface area (TPSA) is 59.2 Å². The molecule has 0 saturated heterocycles. The summed E-state index contributed by atoms with van der Waals surface area (Å²) < 4.78 is 5.32. The summed E-state index contributed by atoms with van der Waals surface area (Å²) in [4.78, 5) is 28.3. The molecule has 0 aliphatic carbocycles. The number of rotatable bonds is 4. The molecular formula is C19H15Cl2NO3. The van der Waals surface area contributed by atoms with Crippen LogP contribution in [0.15, 0.2) is 42.5 Å². The molecule has 0 unspecified atom stereocenters. The normalized spacial score (nSPS) is 12.2. The van der Waals surface area contributed by atoms with E-state index in [-0.39, 0.29) is 16.4 Å². The van der Waals surface area contributed by atoms with Crippen LogP contribution >= 0.6 is 23.2 Å². The van der Waals surface area contributed by atoms with Crippen LogP contribution in [0.3, 0.4) is 0 Å². The quantitative estimate of drug-likeness (QED) is 0.502. The molecule has 1 aromatic heterocycles. The molecule has 0 amide bonds. The van der Waals surface area contributed by atoms with Crippen LogP contribution in [0.25, 0.3) is 10.9 Å². The number of aromatic amines is 1. The van der Waals surface area contributed by atoms with Crippen LogP contribution in [0.4, 0.5) is 0 Å². The van der Waals surface area contributed by atoms with Crippen molar-refractivity contribution >= 4 is 45.9 Å². The highest BCUT2D eigenvalue weighted by atomic mass is 35.5. The number of nitrogens with one attached hydrogen (secondary N) is 1. The molecule has 3 aromatic rings. The van der Waals surface area contributed by atoms with Crippen LogP contribution in [0.2, 0.25) is 10.0 Å². The van der Waals surface area contributed by atoms with Crippen molar-refractivity contribution in [2.45, 2.75) is 20.0 Å². The number of carbonyl (C=O) groups excluding carboxylic acids is 2. The molecule has 0 saturated carbocycles. The number of aryl methyl sites for hydroxylation is 1. The molecule has 25 heavy (non-hydrogen) atoms. The van der Waals surface area contributed by atoms with Gasteiger partial charge in [0.05, 0.1) is 10.6 Å². The molecule has 4 nitrogen and oxygen atoms in total. The summed E-state index contributed by atoms with van der Waals surface area (Å²) in [7, 11) is 0. The fraction of sp³-hybridized carbons (Fsp3) is 0.158. The third kappa shape index (κ3) is 3.41. The van der Waals surface area contributed by atoms with Gasteiger partial charge in [-0.05, 0) is 38.1 Å². The number of Topliss-reactive ketones (excluding diaryl/α,β-unsaturated/α-hetero) is 1. The third-order valence-corrected chi connectivity index (χ3v) is 4.49. The summed E-state index contributed by atoms with van der Waals surface area (Å²) in [6.45, 7) is 3.36. The van der Waals surface area contributed by atoms with Gasteiger partial charge in [-0.3, -0.25) is 4.79 Å². The highest BCUT2D eigenvalue weighted by molar-refractivity contribution is 6.36. The van der Waals surface area contributed by atoms with Gasteiger partial charge in [0.25, 0.3) is 0 Å². The zero-order chi connectivity index (χ0) is 18.1. The minimum Gasteiger partial charge on any atom is -0.451 e. The lowest BCUT2D eigenvalue weighted by Crippen LogP contribution is -2.25. The summed E-state index contributed by atoms with van der Waals surface area (Å²) in [6, 6.07) is 12.0.